The van der Waals surface area contributed by atoms with Crippen LogP contribution in [0.2, 0.25) is 0 Å². The zero-order valence-electron chi connectivity index (χ0n) is 11.8. The summed E-state index contributed by atoms with van der Waals surface area (Å²) in [4.78, 5) is 24.3. The number of methoxy groups -OCH3 is 1. The minimum Gasteiger partial charge on any atom is -0.572 e. The van der Waals surface area contributed by atoms with Crippen molar-refractivity contribution in [3.05, 3.63) is 57.4 Å². The fourth-order valence-corrected chi connectivity index (χ4v) is 2.18. The molecule has 3 rings (SSSR count). The van der Waals surface area contributed by atoms with E-state index in [9.17, 15) is 14.7 Å². The number of fused-ring (bicyclic) bond motifs is 1. The highest BCUT2D eigenvalue weighted by Gasteiger charge is 2.20. The van der Waals surface area contributed by atoms with E-state index in [-0.39, 0.29) is 22.3 Å². The van der Waals surface area contributed by atoms with Crippen molar-refractivity contribution in [1.29, 1.82) is 0 Å². The molecule has 0 aliphatic heterocycles. The van der Waals surface area contributed by atoms with Crippen LogP contribution in [0.4, 0.5) is 0 Å². The molecule has 0 unspecified atom stereocenters. The van der Waals surface area contributed by atoms with E-state index in [1.54, 1.807) is 19.1 Å². The van der Waals surface area contributed by atoms with Crippen LogP contribution in [0.5, 0.6) is 11.7 Å². The van der Waals surface area contributed by atoms with Gasteiger partial charge in [-0.2, -0.15) is 0 Å². The van der Waals surface area contributed by atoms with Gasteiger partial charge in [-0.15, -0.1) is 0 Å². The molecule has 0 fully saturated rings. The maximum atomic E-state index is 12.5. The average Bonchev–Trinajstić information content (AvgIpc) is 2.83. The van der Waals surface area contributed by atoms with Crippen molar-refractivity contribution in [2.75, 3.05) is 7.11 Å². The molecule has 0 aliphatic carbocycles. The van der Waals surface area contributed by atoms with Gasteiger partial charge in [0.1, 0.15) is 17.1 Å². The number of carbonyl (C=O) groups excluding carboxylic acids is 1. The Kier molecular flexibility index (Phi) is 3.21. The van der Waals surface area contributed by atoms with E-state index in [0.29, 0.717) is 11.5 Å². The fraction of sp³-hybridized carbons (Fsp3) is 0.125. The third kappa shape index (κ3) is 2.14. The first-order chi connectivity index (χ1) is 10.5. The van der Waals surface area contributed by atoms with Crippen molar-refractivity contribution in [3.63, 3.8) is 0 Å². The van der Waals surface area contributed by atoms with E-state index in [1.807, 2.05) is 0 Å². The number of carbonyl (C=O) groups is 1. The highest BCUT2D eigenvalue weighted by atomic mass is 16.5. The third-order valence-electron chi connectivity index (χ3n) is 3.23. The monoisotopic (exact) mass is 299 g/mol. The number of aryl methyl sites for hydroxylation is 1. The van der Waals surface area contributed by atoms with Gasteiger partial charge in [0.2, 0.25) is 0 Å². The molecule has 0 N–H and O–H groups in total. The molecular formula is C16H11O6-. The lowest BCUT2D eigenvalue weighted by Crippen LogP contribution is -2.05. The Morgan fingerprint density at radius 3 is 2.45 bits per heavy atom. The lowest BCUT2D eigenvalue weighted by molar-refractivity contribution is -0.293. The Balaban J connectivity index is 2.18. The van der Waals surface area contributed by atoms with Gasteiger partial charge in [-0.1, -0.05) is 0 Å². The molecule has 0 aliphatic rings. The van der Waals surface area contributed by atoms with Gasteiger partial charge in [-0.25, -0.2) is 0 Å². The second kappa shape index (κ2) is 5.07. The predicted molar refractivity (Wildman–Crippen MR) is 75.4 cm³/mol. The summed E-state index contributed by atoms with van der Waals surface area (Å²) in [5, 5.41) is 11.9. The Bertz CT molecular complexity index is 914. The number of hydrogen-bond acceptors (Lipinski definition) is 6. The molecule has 0 saturated carbocycles. The van der Waals surface area contributed by atoms with Crippen LogP contribution in [0.15, 0.2) is 44.0 Å². The summed E-state index contributed by atoms with van der Waals surface area (Å²) in [7, 11) is 1.51. The third-order valence-corrected chi connectivity index (χ3v) is 3.23. The molecule has 0 spiro atoms. The highest BCUT2D eigenvalue weighted by Crippen LogP contribution is 2.30. The van der Waals surface area contributed by atoms with Gasteiger partial charge in [0.25, 0.3) is 0 Å². The summed E-state index contributed by atoms with van der Waals surface area (Å²) in [5.41, 5.74) is -0.862. The zero-order valence-corrected chi connectivity index (χ0v) is 11.8. The van der Waals surface area contributed by atoms with Gasteiger partial charge in [0.15, 0.2) is 16.8 Å². The van der Waals surface area contributed by atoms with E-state index in [0.717, 1.165) is 0 Å². The van der Waals surface area contributed by atoms with Gasteiger partial charge in [0, 0.05) is 11.6 Å². The van der Waals surface area contributed by atoms with Gasteiger partial charge >= 0.3 is 0 Å². The topological polar surface area (TPSA) is 92.7 Å². The molecule has 6 nitrogen and oxygen atoms in total. The van der Waals surface area contributed by atoms with E-state index >= 15 is 0 Å². The molecule has 112 valence electrons. The molecule has 0 radical (unpaired) electrons. The predicted octanol–water partition coefficient (Wildman–Crippen LogP) is 2.01. The van der Waals surface area contributed by atoms with E-state index in [1.165, 1.54) is 25.3 Å². The van der Waals surface area contributed by atoms with Gasteiger partial charge in [0.05, 0.1) is 18.6 Å². The summed E-state index contributed by atoms with van der Waals surface area (Å²) in [5.74, 6) is -0.581. The normalized spacial score (nSPS) is 10.8. The summed E-state index contributed by atoms with van der Waals surface area (Å²) in [6.45, 7) is 1.56. The molecule has 0 amide bonds. The number of ether oxygens (including phenoxy) is 1. The van der Waals surface area contributed by atoms with Crippen molar-refractivity contribution < 1.29 is 23.5 Å². The fourth-order valence-electron chi connectivity index (χ4n) is 2.18. The zero-order chi connectivity index (χ0) is 15.9. The molecule has 3 aromatic rings. The number of ketones is 1. The van der Waals surface area contributed by atoms with Crippen LogP contribution in [-0.4, -0.2) is 12.9 Å². The quantitative estimate of drug-likeness (QED) is 0.687. The molecule has 2 aromatic heterocycles. The molecule has 2 heterocycles. The van der Waals surface area contributed by atoms with Crippen LogP contribution in [0.1, 0.15) is 21.7 Å². The lowest BCUT2D eigenvalue weighted by Gasteiger charge is -2.04. The first-order valence-corrected chi connectivity index (χ1v) is 6.44. The van der Waals surface area contributed by atoms with Gasteiger partial charge < -0.3 is 18.7 Å². The number of benzene rings is 1. The summed E-state index contributed by atoms with van der Waals surface area (Å²) in [6, 6.07) is 7.44. The maximum absolute atomic E-state index is 12.5. The average molecular weight is 299 g/mol. The molecular weight excluding hydrogens is 288 g/mol. The van der Waals surface area contributed by atoms with Crippen molar-refractivity contribution in [3.8, 4) is 11.7 Å². The SMILES string of the molecule is COc1ccc(C(=O)c2c([O-])oc3c(=O)cc(C)oc23)cc1. The Hall–Kier alpha value is -3.02. The molecule has 6 heteroatoms. The van der Waals surface area contributed by atoms with Crippen LogP contribution >= 0.6 is 0 Å². The Morgan fingerprint density at radius 2 is 1.82 bits per heavy atom. The van der Waals surface area contributed by atoms with Crippen molar-refractivity contribution in [1.82, 2.24) is 0 Å². The molecule has 1 aromatic carbocycles. The first-order valence-electron chi connectivity index (χ1n) is 6.44. The van der Waals surface area contributed by atoms with E-state index < -0.39 is 17.2 Å². The van der Waals surface area contributed by atoms with Gasteiger partial charge in [-0.05, 0) is 31.2 Å². The highest BCUT2D eigenvalue weighted by molar-refractivity contribution is 6.16. The van der Waals surface area contributed by atoms with E-state index in [4.69, 9.17) is 13.6 Å². The van der Waals surface area contributed by atoms with Crippen molar-refractivity contribution >= 4 is 16.9 Å². The maximum Gasteiger partial charge on any atom is 0.199 e. The van der Waals surface area contributed by atoms with E-state index in [2.05, 4.69) is 0 Å². The molecule has 22 heavy (non-hydrogen) atoms. The standard InChI is InChI=1S/C16H12O6/c1-8-7-11(17)14-15(21-8)12(16(19)22-14)13(18)9-3-5-10(20-2)6-4-9/h3-7,19H,1-2H3/p-1. The molecule has 0 saturated heterocycles. The number of furan rings is 1. The van der Waals surface area contributed by atoms with Crippen molar-refractivity contribution in [2.45, 2.75) is 6.92 Å². The minimum atomic E-state index is -0.887. The Labute approximate surface area is 124 Å². The second-order valence-electron chi connectivity index (χ2n) is 4.70. The first kappa shape index (κ1) is 13.9. The minimum absolute atomic E-state index is 0.115. The summed E-state index contributed by atoms with van der Waals surface area (Å²) >= 11 is 0. The molecule has 0 bridgehead atoms. The van der Waals surface area contributed by atoms with Crippen molar-refractivity contribution in [2.24, 2.45) is 0 Å². The molecule has 0 atom stereocenters. The van der Waals surface area contributed by atoms with Crippen LogP contribution < -0.4 is 15.3 Å². The van der Waals surface area contributed by atoms with Gasteiger partial charge in [-0.3, -0.25) is 9.59 Å². The van der Waals surface area contributed by atoms with Crippen LogP contribution in [0.25, 0.3) is 11.2 Å². The summed E-state index contributed by atoms with van der Waals surface area (Å²) < 4.78 is 15.2. The largest absolute Gasteiger partial charge is 0.572 e. The number of rotatable bonds is 3. The van der Waals surface area contributed by atoms with Crippen LogP contribution in [0, 0.1) is 6.92 Å². The summed E-state index contributed by atoms with van der Waals surface area (Å²) in [6.07, 6.45) is 0. The smallest absolute Gasteiger partial charge is 0.199 e. The number of hydrogen-bond donors (Lipinski definition) is 0. The second-order valence-corrected chi connectivity index (χ2v) is 4.70. The van der Waals surface area contributed by atoms with Crippen LogP contribution in [-0.2, 0) is 0 Å². The Morgan fingerprint density at radius 1 is 1.14 bits per heavy atom. The lowest BCUT2D eigenvalue weighted by atomic mass is 10.0. The van der Waals surface area contributed by atoms with Crippen LogP contribution in [0.3, 0.4) is 0 Å².